The maximum atomic E-state index is 12.2. The molecule has 1 aromatic carbocycles. The molecule has 0 amide bonds. The number of aliphatic hydroxyl groups excluding tert-OH is 1. The van der Waals surface area contributed by atoms with Crippen LogP contribution in [-0.4, -0.2) is 36.7 Å². The molecule has 0 aromatic heterocycles. The number of rotatable bonds is 7. The molecule has 0 aliphatic rings. The second kappa shape index (κ2) is 6.84. The Bertz CT molecular complexity index is 617. The van der Waals surface area contributed by atoms with E-state index >= 15 is 0 Å². The Morgan fingerprint density at radius 3 is 2.33 bits per heavy atom. The predicted octanol–water partition coefficient (Wildman–Crippen LogP) is 1.22. The van der Waals surface area contributed by atoms with Gasteiger partial charge in [0.15, 0.2) is 0 Å². The van der Waals surface area contributed by atoms with E-state index in [4.69, 9.17) is 10.2 Å². The summed E-state index contributed by atoms with van der Waals surface area (Å²) in [6, 6.07) is 5.85. The van der Waals surface area contributed by atoms with Crippen molar-refractivity contribution in [1.82, 2.24) is 4.72 Å². The molecule has 1 rings (SSSR count). The third kappa shape index (κ3) is 5.66. The van der Waals surface area contributed by atoms with E-state index in [1.807, 2.05) is 0 Å². The molecule has 6 nitrogen and oxygen atoms in total. The summed E-state index contributed by atoms with van der Waals surface area (Å²) >= 11 is 0. The predicted molar refractivity (Wildman–Crippen MR) is 79.2 cm³/mol. The topological polar surface area (TPSA) is 104 Å². The van der Waals surface area contributed by atoms with Crippen LogP contribution in [-0.2, 0) is 14.8 Å². The van der Waals surface area contributed by atoms with Crippen molar-refractivity contribution in [2.24, 2.45) is 0 Å². The molecule has 0 fully saturated rings. The van der Waals surface area contributed by atoms with E-state index in [9.17, 15) is 13.2 Å². The number of carboxylic acid groups (broad SMARTS) is 1. The molecule has 0 bridgehead atoms. The lowest BCUT2D eigenvalue weighted by Gasteiger charge is -2.25. The van der Waals surface area contributed by atoms with Crippen LogP contribution in [0.15, 0.2) is 35.2 Å². The summed E-state index contributed by atoms with van der Waals surface area (Å²) in [5.41, 5.74) is -0.166. The molecule has 0 unspecified atom stereocenters. The summed E-state index contributed by atoms with van der Waals surface area (Å²) in [5, 5.41) is 17.4. The van der Waals surface area contributed by atoms with Crippen LogP contribution in [0.1, 0.15) is 25.8 Å². The van der Waals surface area contributed by atoms with Crippen LogP contribution < -0.4 is 4.72 Å². The summed E-state index contributed by atoms with van der Waals surface area (Å²) in [4.78, 5) is 10.5. The number of hydrogen-bond donors (Lipinski definition) is 3. The minimum atomic E-state index is -3.69. The second-order valence-electron chi connectivity index (χ2n) is 5.20. The molecule has 3 N–H and O–H groups in total. The first-order valence-electron chi connectivity index (χ1n) is 6.32. The summed E-state index contributed by atoms with van der Waals surface area (Å²) in [7, 11) is -3.69. The minimum Gasteiger partial charge on any atom is -0.478 e. The minimum absolute atomic E-state index is 0.0842. The first kappa shape index (κ1) is 17.4. The van der Waals surface area contributed by atoms with E-state index in [-0.39, 0.29) is 11.5 Å². The Morgan fingerprint density at radius 2 is 1.86 bits per heavy atom. The van der Waals surface area contributed by atoms with Gasteiger partial charge in [-0.1, -0.05) is 12.1 Å². The van der Waals surface area contributed by atoms with Gasteiger partial charge in [0.05, 0.1) is 4.90 Å². The molecule has 0 radical (unpaired) electrons. The monoisotopic (exact) mass is 313 g/mol. The highest BCUT2D eigenvalue weighted by Gasteiger charge is 2.25. The van der Waals surface area contributed by atoms with Crippen molar-refractivity contribution in [3.63, 3.8) is 0 Å². The number of nitrogens with one attached hydrogen (secondary N) is 1. The van der Waals surface area contributed by atoms with Gasteiger partial charge in [-0.05, 0) is 44.0 Å². The number of benzene rings is 1. The number of aliphatic hydroxyl groups is 1. The Kier molecular flexibility index (Phi) is 5.65. The fourth-order valence-corrected chi connectivity index (χ4v) is 3.12. The van der Waals surface area contributed by atoms with Crippen LogP contribution in [0.25, 0.3) is 6.08 Å². The third-order valence-electron chi connectivity index (χ3n) is 2.76. The summed E-state index contributed by atoms with van der Waals surface area (Å²) in [6.45, 7) is 3.25. The first-order valence-corrected chi connectivity index (χ1v) is 7.80. The zero-order chi connectivity index (χ0) is 16.1. The molecule has 0 spiro atoms. The van der Waals surface area contributed by atoms with Crippen molar-refractivity contribution in [3.05, 3.63) is 35.9 Å². The lowest BCUT2D eigenvalue weighted by Crippen LogP contribution is -2.43. The van der Waals surface area contributed by atoms with Crippen molar-refractivity contribution in [3.8, 4) is 0 Å². The molecule has 116 valence electrons. The van der Waals surface area contributed by atoms with Gasteiger partial charge in [-0.3, -0.25) is 0 Å². The summed E-state index contributed by atoms with van der Waals surface area (Å²) in [6.07, 6.45) is 2.65. The van der Waals surface area contributed by atoms with Gasteiger partial charge in [0, 0.05) is 18.2 Å². The van der Waals surface area contributed by atoms with Crippen LogP contribution >= 0.6 is 0 Å². The summed E-state index contributed by atoms with van der Waals surface area (Å²) in [5.74, 6) is -1.07. The summed E-state index contributed by atoms with van der Waals surface area (Å²) < 4.78 is 26.9. The Balaban J connectivity index is 2.92. The molecular weight excluding hydrogens is 294 g/mol. The maximum Gasteiger partial charge on any atom is 0.328 e. The zero-order valence-electron chi connectivity index (χ0n) is 11.9. The zero-order valence-corrected chi connectivity index (χ0v) is 12.7. The Hall–Kier alpha value is -1.70. The number of carboxylic acids is 1. The van der Waals surface area contributed by atoms with E-state index in [0.717, 1.165) is 6.08 Å². The third-order valence-corrected chi connectivity index (χ3v) is 4.47. The molecule has 0 saturated heterocycles. The van der Waals surface area contributed by atoms with Crippen molar-refractivity contribution in [2.75, 3.05) is 6.61 Å². The molecule has 0 atom stereocenters. The first-order chi connectivity index (χ1) is 9.66. The second-order valence-corrected chi connectivity index (χ2v) is 6.89. The number of aliphatic carboxylic acids is 1. The standard InChI is InChI=1S/C14H19NO5S/c1-14(2,9-10-16)15-21(19,20)12-6-3-11(4-7-12)5-8-13(17)18/h3-8,15-16H,9-10H2,1-2H3,(H,17,18)/b8-5+. The Labute approximate surface area is 124 Å². The van der Waals surface area contributed by atoms with Gasteiger partial charge >= 0.3 is 5.97 Å². The molecule has 0 aliphatic carbocycles. The number of hydrogen-bond acceptors (Lipinski definition) is 4. The Morgan fingerprint density at radius 1 is 1.29 bits per heavy atom. The van der Waals surface area contributed by atoms with Gasteiger partial charge in [-0.2, -0.15) is 0 Å². The van der Waals surface area contributed by atoms with Gasteiger partial charge < -0.3 is 10.2 Å². The SMILES string of the molecule is CC(C)(CCO)NS(=O)(=O)c1ccc(/C=C/C(=O)O)cc1. The van der Waals surface area contributed by atoms with Crippen molar-refractivity contribution >= 4 is 22.1 Å². The lowest BCUT2D eigenvalue weighted by atomic mass is 10.0. The smallest absolute Gasteiger partial charge is 0.328 e. The van der Waals surface area contributed by atoms with E-state index in [2.05, 4.69) is 4.72 Å². The lowest BCUT2D eigenvalue weighted by molar-refractivity contribution is -0.131. The van der Waals surface area contributed by atoms with Crippen LogP contribution in [0.2, 0.25) is 0 Å². The van der Waals surface area contributed by atoms with Gasteiger partial charge in [0.25, 0.3) is 0 Å². The van der Waals surface area contributed by atoms with Gasteiger partial charge in [-0.15, -0.1) is 0 Å². The van der Waals surface area contributed by atoms with E-state index in [1.165, 1.54) is 30.3 Å². The highest BCUT2D eigenvalue weighted by molar-refractivity contribution is 7.89. The average molecular weight is 313 g/mol. The number of sulfonamides is 1. The van der Waals surface area contributed by atoms with E-state index in [1.54, 1.807) is 13.8 Å². The van der Waals surface area contributed by atoms with E-state index < -0.39 is 21.5 Å². The molecule has 1 aromatic rings. The van der Waals surface area contributed by atoms with Crippen molar-refractivity contribution < 1.29 is 23.4 Å². The fraction of sp³-hybridized carbons (Fsp3) is 0.357. The highest BCUT2D eigenvalue weighted by atomic mass is 32.2. The molecule has 0 heterocycles. The van der Waals surface area contributed by atoms with Crippen LogP contribution in [0, 0.1) is 0 Å². The molecule has 21 heavy (non-hydrogen) atoms. The molecular formula is C14H19NO5S. The van der Waals surface area contributed by atoms with Crippen LogP contribution in [0.3, 0.4) is 0 Å². The van der Waals surface area contributed by atoms with Crippen molar-refractivity contribution in [1.29, 1.82) is 0 Å². The van der Waals surface area contributed by atoms with Crippen LogP contribution in [0.5, 0.6) is 0 Å². The van der Waals surface area contributed by atoms with Crippen molar-refractivity contribution in [2.45, 2.75) is 30.7 Å². The highest BCUT2D eigenvalue weighted by Crippen LogP contribution is 2.16. The molecule has 0 saturated carbocycles. The fourth-order valence-electron chi connectivity index (χ4n) is 1.68. The maximum absolute atomic E-state index is 12.2. The average Bonchev–Trinajstić information content (AvgIpc) is 2.35. The normalized spacial score (nSPS) is 12.7. The van der Waals surface area contributed by atoms with Gasteiger partial charge in [0.2, 0.25) is 10.0 Å². The van der Waals surface area contributed by atoms with Crippen LogP contribution in [0.4, 0.5) is 0 Å². The number of carbonyl (C=O) groups is 1. The molecule has 0 aliphatic heterocycles. The largest absolute Gasteiger partial charge is 0.478 e. The quantitative estimate of drug-likeness (QED) is 0.657. The van der Waals surface area contributed by atoms with Gasteiger partial charge in [0.1, 0.15) is 0 Å². The van der Waals surface area contributed by atoms with Gasteiger partial charge in [-0.25, -0.2) is 17.9 Å². The molecule has 7 heteroatoms. The van der Waals surface area contributed by atoms with E-state index in [0.29, 0.717) is 12.0 Å².